The predicted octanol–water partition coefficient (Wildman–Crippen LogP) is 0.437. The Hall–Kier alpha value is -0.830. The molecule has 0 spiro atoms. The zero-order chi connectivity index (χ0) is 8.85. The van der Waals surface area contributed by atoms with Gasteiger partial charge in [0.2, 0.25) is 0 Å². The van der Waals surface area contributed by atoms with E-state index < -0.39 is 0 Å². The molecular formula is C8H15NO2. The van der Waals surface area contributed by atoms with Gasteiger partial charge in [-0.2, -0.15) is 0 Å². The summed E-state index contributed by atoms with van der Waals surface area (Å²) in [5, 5.41) is 8.47. The van der Waals surface area contributed by atoms with Crippen molar-refractivity contribution in [2.75, 3.05) is 6.61 Å². The van der Waals surface area contributed by atoms with Gasteiger partial charge in [0.15, 0.2) is 5.78 Å². The SMILES string of the molecule is CC(C)CC(=O)/C=C(/N)CO. The maximum atomic E-state index is 11.0. The first-order chi connectivity index (χ1) is 5.06. The van der Waals surface area contributed by atoms with E-state index in [4.69, 9.17) is 10.8 Å². The third-order valence-electron chi connectivity index (χ3n) is 1.14. The summed E-state index contributed by atoms with van der Waals surface area (Å²) in [5.41, 5.74) is 5.47. The Morgan fingerprint density at radius 2 is 2.18 bits per heavy atom. The van der Waals surface area contributed by atoms with Crippen molar-refractivity contribution in [2.45, 2.75) is 20.3 Å². The van der Waals surface area contributed by atoms with E-state index >= 15 is 0 Å². The molecule has 0 atom stereocenters. The molecule has 0 unspecified atom stereocenters. The molecule has 3 heteroatoms. The van der Waals surface area contributed by atoms with E-state index in [-0.39, 0.29) is 18.1 Å². The summed E-state index contributed by atoms with van der Waals surface area (Å²) in [6.45, 7) is 3.67. The number of ketones is 1. The first kappa shape index (κ1) is 10.2. The van der Waals surface area contributed by atoms with E-state index in [9.17, 15) is 4.79 Å². The number of allylic oxidation sites excluding steroid dienone is 1. The van der Waals surface area contributed by atoms with Crippen LogP contribution in [0.3, 0.4) is 0 Å². The van der Waals surface area contributed by atoms with Crippen molar-refractivity contribution in [1.29, 1.82) is 0 Å². The van der Waals surface area contributed by atoms with Crippen LogP contribution in [0.15, 0.2) is 11.8 Å². The van der Waals surface area contributed by atoms with Gasteiger partial charge in [-0.05, 0) is 5.92 Å². The number of hydrogen-bond donors (Lipinski definition) is 2. The minimum absolute atomic E-state index is 0.0217. The molecule has 0 amide bonds. The number of aliphatic hydroxyl groups is 1. The number of nitrogens with two attached hydrogens (primary N) is 1. The molecule has 0 aromatic heterocycles. The van der Waals surface area contributed by atoms with Gasteiger partial charge in [-0.15, -0.1) is 0 Å². The number of rotatable bonds is 4. The fourth-order valence-corrected chi connectivity index (χ4v) is 0.714. The molecule has 0 aromatic rings. The molecule has 0 bridgehead atoms. The second kappa shape index (κ2) is 4.91. The molecule has 0 aromatic carbocycles. The lowest BCUT2D eigenvalue weighted by Gasteiger charge is -1.99. The zero-order valence-electron chi connectivity index (χ0n) is 7.00. The van der Waals surface area contributed by atoms with Crippen LogP contribution in [0.1, 0.15) is 20.3 Å². The van der Waals surface area contributed by atoms with Crippen molar-refractivity contribution in [3.05, 3.63) is 11.8 Å². The second-order valence-corrected chi connectivity index (χ2v) is 2.94. The first-order valence-electron chi connectivity index (χ1n) is 3.66. The molecule has 3 nitrogen and oxygen atoms in total. The molecule has 0 saturated carbocycles. The molecular weight excluding hydrogens is 142 g/mol. The molecule has 0 fully saturated rings. The lowest BCUT2D eigenvalue weighted by atomic mass is 10.1. The highest BCUT2D eigenvalue weighted by Crippen LogP contribution is 2.01. The summed E-state index contributed by atoms with van der Waals surface area (Å²) >= 11 is 0. The number of carbonyl (C=O) groups excluding carboxylic acids is 1. The van der Waals surface area contributed by atoms with E-state index in [0.29, 0.717) is 12.3 Å². The average molecular weight is 157 g/mol. The van der Waals surface area contributed by atoms with Crippen LogP contribution < -0.4 is 5.73 Å². The molecule has 64 valence electrons. The number of aliphatic hydroxyl groups excluding tert-OH is 1. The van der Waals surface area contributed by atoms with Crippen LogP contribution in [0.4, 0.5) is 0 Å². The van der Waals surface area contributed by atoms with Crippen molar-refractivity contribution in [1.82, 2.24) is 0 Å². The Morgan fingerprint density at radius 1 is 1.64 bits per heavy atom. The largest absolute Gasteiger partial charge is 0.400 e. The van der Waals surface area contributed by atoms with Gasteiger partial charge in [-0.1, -0.05) is 13.8 Å². The average Bonchev–Trinajstić information content (AvgIpc) is 1.85. The Kier molecular flexibility index (Phi) is 4.54. The Balaban J connectivity index is 3.86. The quantitative estimate of drug-likeness (QED) is 0.582. The van der Waals surface area contributed by atoms with Gasteiger partial charge < -0.3 is 10.8 Å². The molecule has 0 heterocycles. The van der Waals surface area contributed by atoms with Gasteiger partial charge in [0.05, 0.1) is 6.61 Å². The highest BCUT2D eigenvalue weighted by molar-refractivity contribution is 5.90. The first-order valence-corrected chi connectivity index (χ1v) is 3.66. The maximum Gasteiger partial charge on any atom is 0.157 e. The van der Waals surface area contributed by atoms with Crippen LogP contribution in [-0.4, -0.2) is 17.5 Å². The molecule has 0 radical (unpaired) electrons. The zero-order valence-corrected chi connectivity index (χ0v) is 7.00. The minimum atomic E-state index is -0.246. The van der Waals surface area contributed by atoms with Crippen molar-refractivity contribution in [3.8, 4) is 0 Å². The summed E-state index contributed by atoms with van der Waals surface area (Å²) in [4.78, 5) is 11.0. The third-order valence-corrected chi connectivity index (χ3v) is 1.14. The van der Waals surface area contributed by atoms with E-state index in [0.717, 1.165) is 0 Å². The van der Waals surface area contributed by atoms with Gasteiger partial charge >= 0.3 is 0 Å². The summed E-state index contributed by atoms with van der Waals surface area (Å²) in [7, 11) is 0. The van der Waals surface area contributed by atoms with Crippen LogP contribution in [0, 0.1) is 5.92 Å². The molecule has 3 N–H and O–H groups in total. The minimum Gasteiger partial charge on any atom is -0.400 e. The van der Waals surface area contributed by atoms with Crippen molar-refractivity contribution < 1.29 is 9.90 Å². The molecule has 0 rings (SSSR count). The Morgan fingerprint density at radius 3 is 2.55 bits per heavy atom. The Labute approximate surface area is 66.9 Å². The molecule has 11 heavy (non-hydrogen) atoms. The highest BCUT2D eigenvalue weighted by Gasteiger charge is 2.01. The molecule has 0 aliphatic heterocycles. The maximum absolute atomic E-state index is 11.0. The van der Waals surface area contributed by atoms with Gasteiger partial charge in [0.1, 0.15) is 0 Å². The van der Waals surface area contributed by atoms with E-state index in [1.165, 1.54) is 6.08 Å². The second-order valence-electron chi connectivity index (χ2n) is 2.94. The van der Waals surface area contributed by atoms with E-state index in [1.54, 1.807) is 0 Å². The summed E-state index contributed by atoms with van der Waals surface area (Å²) in [6, 6.07) is 0. The van der Waals surface area contributed by atoms with Gasteiger partial charge in [0, 0.05) is 18.2 Å². The van der Waals surface area contributed by atoms with Crippen LogP contribution in [-0.2, 0) is 4.79 Å². The molecule has 0 aliphatic rings. The summed E-state index contributed by atoms with van der Waals surface area (Å²) in [6.07, 6.45) is 1.78. The van der Waals surface area contributed by atoms with Gasteiger partial charge in [-0.3, -0.25) is 4.79 Å². The van der Waals surface area contributed by atoms with Crippen LogP contribution >= 0.6 is 0 Å². The molecule has 0 saturated heterocycles. The van der Waals surface area contributed by atoms with Crippen LogP contribution in [0.2, 0.25) is 0 Å². The third kappa shape index (κ3) is 5.61. The van der Waals surface area contributed by atoms with E-state index in [1.807, 2.05) is 13.8 Å². The Bertz CT molecular complexity index is 161. The van der Waals surface area contributed by atoms with Crippen LogP contribution in [0.25, 0.3) is 0 Å². The number of carbonyl (C=O) groups is 1. The normalized spacial score (nSPS) is 12.2. The van der Waals surface area contributed by atoms with Crippen molar-refractivity contribution in [3.63, 3.8) is 0 Å². The highest BCUT2D eigenvalue weighted by atomic mass is 16.3. The van der Waals surface area contributed by atoms with E-state index in [2.05, 4.69) is 0 Å². The summed E-state index contributed by atoms with van der Waals surface area (Å²) < 4.78 is 0. The fraction of sp³-hybridized carbons (Fsp3) is 0.625. The topological polar surface area (TPSA) is 63.3 Å². The molecule has 0 aliphatic carbocycles. The lowest BCUT2D eigenvalue weighted by Crippen LogP contribution is -2.07. The smallest absolute Gasteiger partial charge is 0.157 e. The fourth-order valence-electron chi connectivity index (χ4n) is 0.714. The van der Waals surface area contributed by atoms with Crippen LogP contribution in [0.5, 0.6) is 0 Å². The number of hydrogen-bond acceptors (Lipinski definition) is 3. The monoisotopic (exact) mass is 157 g/mol. The summed E-state index contributed by atoms with van der Waals surface area (Å²) in [5.74, 6) is 0.316. The predicted molar refractivity (Wildman–Crippen MR) is 43.8 cm³/mol. The van der Waals surface area contributed by atoms with Crippen molar-refractivity contribution >= 4 is 5.78 Å². The van der Waals surface area contributed by atoms with Gasteiger partial charge in [-0.25, -0.2) is 0 Å². The standard InChI is InChI=1S/C8H15NO2/c1-6(2)3-8(11)4-7(9)5-10/h4,6,10H,3,5,9H2,1-2H3/b7-4+. The lowest BCUT2D eigenvalue weighted by molar-refractivity contribution is -0.115. The van der Waals surface area contributed by atoms with Gasteiger partial charge in [0.25, 0.3) is 0 Å². The van der Waals surface area contributed by atoms with Crippen molar-refractivity contribution in [2.24, 2.45) is 11.7 Å².